The van der Waals surface area contributed by atoms with Crippen molar-refractivity contribution in [3.63, 3.8) is 0 Å². The molecule has 6 heteroatoms. The molecule has 3 rings (SSSR count). The fourth-order valence-corrected chi connectivity index (χ4v) is 3.35. The molecule has 0 aliphatic heterocycles. The summed E-state index contributed by atoms with van der Waals surface area (Å²) in [6.07, 6.45) is 1.98. The molecule has 0 saturated heterocycles. The van der Waals surface area contributed by atoms with Gasteiger partial charge in [0.25, 0.3) is 5.91 Å². The monoisotopic (exact) mass is 315 g/mol. The fraction of sp³-hybridized carbons (Fsp3) is 0.0667. The minimum atomic E-state index is -0.134. The van der Waals surface area contributed by atoms with Crippen LogP contribution in [0.25, 0.3) is 10.2 Å². The number of nitrogen functional groups attached to an aromatic ring is 1. The Morgan fingerprint density at radius 1 is 1.29 bits per heavy atom. The Bertz CT molecular complexity index is 814. The highest BCUT2D eigenvalue weighted by molar-refractivity contribution is 7.98. The van der Waals surface area contributed by atoms with Crippen LogP contribution in [0.1, 0.15) is 10.4 Å². The molecule has 1 aromatic heterocycles. The zero-order chi connectivity index (χ0) is 14.8. The van der Waals surface area contributed by atoms with E-state index in [4.69, 9.17) is 5.73 Å². The van der Waals surface area contributed by atoms with E-state index >= 15 is 0 Å². The largest absolute Gasteiger partial charge is 0.375 e. The molecule has 0 aliphatic carbocycles. The second-order valence-corrected chi connectivity index (χ2v) is 6.30. The Labute approximate surface area is 130 Å². The highest BCUT2D eigenvalue weighted by atomic mass is 32.2. The topological polar surface area (TPSA) is 68.0 Å². The lowest BCUT2D eigenvalue weighted by Gasteiger charge is -2.09. The van der Waals surface area contributed by atoms with E-state index in [1.54, 1.807) is 17.8 Å². The van der Waals surface area contributed by atoms with E-state index < -0.39 is 0 Å². The first-order valence-corrected chi connectivity index (χ1v) is 8.32. The average molecular weight is 315 g/mol. The van der Waals surface area contributed by atoms with E-state index in [2.05, 4.69) is 10.3 Å². The number of thiazole rings is 1. The SMILES string of the molecule is CSc1ccccc1NC(=O)c1ccc2nc(N)sc2c1. The van der Waals surface area contributed by atoms with Crippen LogP contribution in [0.4, 0.5) is 10.8 Å². The molecule has 4 nitrogen and oxygen atoms in total. The molecule has 1 amide bonds. The van der Waals surface area contributed by atoms with Gasteiger partial charge in [-0.25, -0.2) is 4.98 Å². The van der Waals surface area contributed by atoms with Crippen LogP contribution in [0.3, 0.4) is 0 Å². The third-order valence-electron chi connectivity index (χ3n) is 3.02. The van der Waals surface area contributed by atoms with Gasteiger partial charge in [0.1, 0.15) is 0 Å². The molecule has 0 spiro atoms. The number of nitrogens with zero attached hydrogens (tertiary/aromatic N) is 1. The van der Waals surface area contributed by atoms with Crippen LogP contribution < -0.4 is 11.1 Å². The van der Waals surface area contributed by atoms with Crippen molar-refractivity contribution in [2.24, 2.45) is 0 Å². The summed E-state index contributed by atoms with van der Waals surface area (Å²) in [7, 11) is 0. The molecular weight excluding hydrogens is 302 g/mol. The van der Waals surface area contributed by atoms with Gasteiger partial charge in [-0.3, -0.25) is 4.79 Å². The lowest BCUT2D eigenvalue weighted by molar-refractivity contribution is 0.102. The lowest BCUT2D eigenvalue weighted by atomic mass is 10.2. The fourth-order valence-electron chi connectivity index (χ4n) is 2.03. The number of carbonyl (C=O) groups is 1. The van der Waals surface area contributed by atoms with Crippen LogP contribution in [0, 0.1) is 0 Å². The number of nitrogens with one attached hydrogen (secondary N) is 1. The number of amides is 1. The van der Waals surface area contributed by atoms with Gasteiger partial charge in [-0.2, -0.15) is 0 Å². The first-order valence-electron chi connectivity index (χ1n) is 6.28. The van der Waals surface area contributed by atoms with Crippen LogP contribution in [0.15, 0.2) is 47.4 Å². The number of para-hydroxylation sites is 1. The molecule has 2 aromatic carbocycles. The minimum absolute atomic E-state index is 0.134. The third kappa shape index (κ3) is 2.86. The van der Waals surface area contributed by atoms with Crippen LogP contribution in [0.2, 0.25) is 0 Å². The number of anilines is 2. The van der Waals surface area contributed by atoms with Gasteiger partial charge in [-0.05, 0) is 36.6 Å². The molecule has 0 aliphatic rings. The smallest absolute Gasteiger partial charge is 0.255 e. The Kier molecular flexibility index (Phi) is 3.81. The summed E-state index contributed by atoms with van der Waals surface area (Å²) in [5.74, 6) is -0.134. The maximum Gasteiger partial charge on any atom is 0.255 e. The normalized spacial score (nSPS) is 10.7. The number of aromatic nitrogens is 1. The molecular formula is C15H13N3OS2. The summed E-state index contributed by atoms with van der Waals surface area (Å²) in [5.41, 5.74) is 7.92. The summed E-state index contributed by atoms with van der Waals surface area (Å²) >= 11 is 2.98. The molecule has 21 heavy (non-hydrogen) atoms. The van der Waals surface area contributed by atoms with E-state index in [1.807, 2.05) is 42.7 Å². The number of thioether (sulfide) groups is 1. The van der Waals surface area contributed by atoms with Crippen molar-refractivity contribution >= 4 is 50.0 Å². The van der Waals surface area contributed by atoms with Crippen LogP contribution >= 0.6 is 23.1 Å². The molecule has 1 heterocycles. The number of benzene rings is 2. The predicted octanol–water partition coefficient (Wildman–Crippen LogP) is 3.85. The van der Waals surface area contributed by atoms with Gasteiger partial charge in [-0.15, -0.1) is 11.8 Å². The molecule has 0 radical (unpaired) electrons. The third-order valence-corrected chi connectivity index (χ3v) is 4.67. The number of carbonyl (C=O) groups excluding carboxylic acids is 1. The molecule has 0 saturated carbocycles. The van der Waals surface area contributed by atoms with E-state index in [0.717, 1.165) is 20.8 Å². The van der Waals surface area contributed by atoms with Gasteiger partial charge in [0.15, 0.2) is 5.13 Å². The molecule has 106 valence electrons. The molecule has 3 N–H and O–H groups in total. The van der Waals surface area contributed by atoms with Gasteiger partial charge < -0.3 is 11.1 Å². The first kappa shape index (κ1) is 13.9. The number of hydrogen-bond donors (Lipinski definition) is 2. The summed E-state index contributed by atoms with van der Waals surface area (Å²) < 4.78 is 0.915. The van der Waals surface area contributed by atoms with Crippen molar-refractivity contribution in [1.82, 2.24) is 4.98 Å². The number of fused-ring (bicyclic) bond motifs is 1. The van der Waals surface area contributed by atoms with Gasteiger partial charge in [0.05, 0.1) is 15.9 Å². The van der Waals surface area contributed by atoms with Gasteiger partial charge >= 0.3 is 0 Å². The number of rotatable bonds is 3. The molecule has 0 unspecified atom stereocenters. The van der Waals surface area contributed by atoms with Crippen molar-refractivity contribution in [3.05, 3.63) is 48.0 Å². The van der Waals surface area contributed by atoms with Gasteiger partial charge in [0.2, 0.25) is 0 Å². The van der Waals surface area contributed by atoms with Crippen molar-refractivity contribution in [2.75, 3.05) is 17.3 Å². The van der Waals surface area contributed by atoms with E-state index in [9.17, 15) is 4.79 Å². The lowest BCUT2D eigenvalue weighted by Crippen LogP contribution is -2.12. The van der Waals surface area contributed by atoms with Crippen LogP contribution in [-0.2, 0) is 0 Å². The first-order chi connectivity index (χ1) is 10.2. The second kappa shape index (κ2) is 5.75. The van der Waals surface area contributed by atoms with Crippen molar-refractivity contribution < 1.29 is 4.79 Å². The molecule has 0 atom stereocenters. The number of nitrogens with two attached hydrogens (primary N) is 1. The van der Waals surface area contributed by atoms with Crippen molar-refractivity contribution in [2.45, 2.75) is 4.90 Å². The average Bonchev–Trinajstić information content (AvgIpc) is 2.86. The Morgan fingerprint density at radius 2 is 2.10 bits per heavy atom. The van der Waals surface area contributed by atoms with Gasteiger partial charge in [-0.1, -0.05) is 23.5 Å². The summed E-state index contributed by atoms with van der Waals surface area (Å²) in [5, 5.41) is 3.45. The molecule has 0 fully saturated rings. The summed E-state index contributed by atoms with van der Waals surface area (Å²) in [4.78, 5) is 17.6. The highest BCUT2D eigenvalue weighted by Gasteiger charge is 2.10. The zero-order valence-electron chi connectivity index (χ0n) is 11.3. The summed E-state index contributed by atoms with van der Waals surface area (Å²) in [6.45, 7) is 0. The standard InChI is InChI=1S/C15H13N3OS2/c1-20-12-5-3-2-4-10(12)17-14(19)9-6-7-11-13(8-9)21-15(16)18-11/h2-8H,1H3,(H2,16,18)(H,17,19). The van der Waals surface area contributed by atoms with Crippen molar-refractivity contribution in [1.29, 1.82) is 0 Å². The van der Waals surface area contributed by atoms with E-state index in [0.29, 0.717) is 10.7 Å². The van der Waals surface area contributed by atoms with E-state index in [-0.39, 0.29) is 5.91 Å². The second-order valence-electron chi connectivity index (χ2n) is 4.39. The maximum absolute atomic E-state index is 12.4. The Hall–Kier alpha value is -2.05. The van der Waals surface area contributed by atoms with Crippen LogP contribution in [0.5, 0.6) is 0 Å². The Morgan fingerprint density at radius 3 is 2.90 bits per heavy atom. The molecule has 0 bridgehead atoms. The number of hydrogen-bond acceptors (Lipinski definition) is 5. The zero-order valence-corrected chi connectivity index (χ0v) is 12.9. The Balaban J connectivity index is 1.89. The quantitative estimate of drug-likeness (QED) is 0.720. The minimum Gasteiger partial charge on any atom is -0.375 e. The van der Waals surface area contributed by atoms with Crippen LogP contribution in [-0.4, -0.2) is 17.1 Å². The molecule has 3 aromatic rings. The van der Waals surface area contributed by atoms with Crippen molar-refractivity contribution in [3.8, 4) is 0 Å². The van der Waals surface area contributed by atoms with E-state index in [1.165, 1.54) is 11.3 Å². The summed E-state index contributed by atoms with van der Waals surface area (Å²) in [6, 6.07) is 13.1. The van der Waals surface area contributed by atoms with Gasteiger partial charge in [0, 0.05) is 10.5 Å². The highest BCUT2D eigenvalue weighted by Crippen LogP contribution is 2.27. The predicted molar refractivity (Wildman–Crippen MR) is 90.2 cm³/mol. The maximum atomic E-state index is 12.4.